The molecule has 7 heteroatoms. The van der Waals surface area contributed by atoms with Gasteiger partial charge in [-0.1, -0.05) is 23.2 Å². The maximum atomic E-state index is 12.6. The fourth-order valence-corrected chi connectivity index (χ4v) is 3.03. The Kier molecular flexibility index (Phi) is 4.64. The summed E-state index contributed by atoms with van der Waals surface area (Å²) in [4.78, 5) is 48.0. The van der Waals surface area contributed by atoms with Crippen molar-refractivity contribution in [3.8, 4) is 0 Å². The highest BCUT2D eigenvalue weighted by atomic mass is 35.5. The Morgan fingerprint density at radius 3 is 2.26 bits per heavy atom. The van der Waals surface area contributed by atoms with Crippen molar-refractivity contribution in [2.45, 2.75) is 32.1 Å². The summed E-state index contributed by atoms with van der Waals surface area (Å²) >= 11 is 11.9. The van der Waals surface area contributed by atoms with Crippen molar-refractivity contribution >= 4 is 46.5 Å². The molecule has 1 N–H and O–H groups in total. The lowest BCUT2D eigenvalue weighted by Crippen LogP contribution is -2.47. The van der Waals surface area contributed by atoms with Crippen molar-refractivity contribution in [3.05, 3.63) is 33.3 Å². The molecule has 1 aliphatic rings. The molecule has 0 amide bonds. The van der Waals surface area contributed by atoms with Gasteiger partial charge in [-0.2, -0.15) is 0 Å². The minimum absolute atomic E-state index is 0.153. The first-order chi connectivity index (χ1) is 10.6. The lowest BCUT2D eigenvalue weighted by molar-refractivity contribution is -0.140. The Morgan fingerprint density at radius 2 is 1.70 bits per heavy atom. The Hall–Kier alpha value is -1.72. The number of benzene rings is 1. The second kappa shape index (κ2) is 6.06. The molecule has 23 heavy (non-hydrogen) atoms. The predicted octanol–water partition coefficient (Wildman–Crippen LogP) is 3.09. The van der Waals surface area contributed by atoms with Crippen LogP contribution in [0.25, 0.3) is 0 Å². The molecule has 0 aliphatic heterocycles. The fraction of sp³-hybridized carbons (Fsp3) is 0.375. The third-order valence-electron chi connectivity index (χ3n) is 4.05. The molecule has 2 rings (SSSR count). The van der Waals surface area contributed by atoms with Crippen LogP contribution in [0.15, 0.2) is 12.1 Å². The first kappa shape index (κ1) is 17.6. The van der Waals surface area contributed by atoms with Gasteiger partial charge in [0.25, 0.3) is 0 Å². The van der Waals surface area contributed by atoms with E-state index >= 15 is 0 Å². The molecule has 0 bridgehead atoms. The van der Waals surface area contributed by atoms with Gasteiger partial charge in [-0.25, -0.2) is 0 Å². The molecule has 1 aliphatic carbocycles. The zero-order valence-corrected chi connectivity index (χ0v) is 14.0. The van der Waals surface area contributed by atoms with E-state index in [1.807, 2.05) is 0 Å². The third-order valence-corrected chi connectivity index (χ3v) is 4.77. The second-order valence-corrected chi connectivity index (χ2v) is 6.77. The van der Waals surface area contributed by atoms with Crippen molar-refractivity contribution in [1.29, 1.82) is 0 Å². The highest BCUT2D eigenvalue weighted by Gasteiger charge is 2.49. The summed E-state index contributed by atoms with van der Waals surface area (Å²) < 4.78 is 0. The molecule has 1 unspecified atom stereocenters. The molecule has 0 spiro atoms. The molecule has 0 radical (unpaired) electrons. The van der Waals surface area contributed by atoms with E-state index in [1.54, 1.807) is 13.8 Å². The summed E-state index contributed by atoms with van der Waals surface area (Å²) in [5.41, 5.74) is -0.497. The van der Waals surface area contributed by atoms with E-state index in [1.165, 1.54) is 12.1 Å². The van der Waals surface area contributed by atoms with Gasteiger partial charge in [0, 0.05) is 12.0 Å². The fourth-order valence-electron chi connectivity index (χ4n) is 2.70. The number of carboxylic acid groups (broad SMARTS) is 1. The van der Waals surface area contributed by atoms with Gasteiger partial charge in [-0.15, -0.1) is 0 Å². The number of halogens is 2. The number of aliphatic carboxylic acids is 1. The minimum Gasteiger partial charge on any atom is -0.481 e. The summed E-state index contributed by atoms with van der Waals surface area (Å²) in [6.07, 6.45) is -0.797. The van der Waals surface area contributed by atoms with E-state index in [2.05, 4.69) is 0 Å². The Balaban J connectivity index is 2.51. The number of rotatable bonds is 4. The molecule has 1 atom stereocenters. The number of Topliss-reactive ketones (excluding diaryl/α,β-unsaturated/α-hetero) is 3. The van der Waals surface area contributed by atoms with Crippen LogP contribution >= 0.6 is 23.2 Å². The highest BCUT2D eigenvalue weighted by Crippen LogP contribution is 2.41. The van der Waals surface area contributed by atoms with Crippen LogP contribution in [0.2, 0.25) is 10.0 Å². The number of ketones is 3. The van der Waals surface area contributed by atoms with E-state index in [4.69, 9.17) is 28.3 Å². The van der Waals surface area contributed by atoms with Crippen molar-refractivity contribution in [3.63, 3.8) is 0 Å². The molecule has 1 aromatic carbocycles. The van der Waals surface area contributed by atoms with Crippen molar-refractivity contribution in [1.82, 2.24) is 0 Å². The summed E-state index contributed by atoms with van der Waals surface area (Å²) in [6, 6.07) is 2.82. The SMILES string of the molecule is CC1(C)C(=O)C(C(=O)CCC(=O)O)C(=O)c2cc(Cl)c(Cl)cc21. The van der Waals surface area contributed by atoms with Crippen LogP contribution < -0.4 is 0 Å². The molecule has 0 heterocycles. The summed E-state index contributed by atoms with van der Waals surface area (Å²) in [5, 5.41) is 9.04. The predicted molar refractivity (Wildman–Crippen MR) is 84.2 cm³/mol. The Labute approximate surface area is 142 Å². The smallest absolute Gasteiger partial charge is 0.303 e. The van der Waals surface area contributed by atoms with E-state index in [9.17, 15) is 19.2 Å². The summed E-state index contributed by atoms with van der Waals surface area (Å²) in [5.74, 6) is -4.55. The molecule has 1 aromatic rings. The second-order valence-electron chi connectivity index (χ2n) is 5.96. The Bertz CT molecular complexity index is 736. The normalized spacial score (nSPS) is 19.4. The molecule has 0 aromatic heterocycles. The van der Waals surface area contributed by atoms with Crippen molar-refractivity contribution in [2.24, 2.45) is 5.92 Å². The van der Waals surface area contributed by atoms with Gasteiger partial charge in [0.1, 0.15) is 5.92 Å². The lowest BCUT2D eigenvalue weighted by Gasteiger charge is -2.34. The Morgan fingerprint density at radius 1 is 1.13 bits per heavy atom. The third kappa shape index (κ3) is 3.03. The topological polar surface area (TPSA) is 88.5 Å². The maximum absolute atomic E-state index is 12.6. The van der Waals surface area contributed by atoms with Crippen LogP contribution in [0, 0.1) is 5.92 Å². The average Bonchev–Trinajstić information content (AvgIpc) is 2.45. The average molecular weight is 357 g/mol. The zero-order chi connectivity index (χ0) is 17.5. The van der Waals surface area contributed by atoms with E-state index in [0.717, 1.165) is 0 Å². The lowest BCUT2D eigenvalue weighted by atomic mass is 9.65. The zero-order valence-electron chi connectivity index (χ0n) is 12.5. The van der Waals surface area contributed by atoms with Gasteiger partial charge >= 0.3 is 5.97 Å². The summed E-state index contributed by atoms with van der Waals surface area (Å²) in [7, 11) is 0. The number of hydrogen-bond donors (Lipinski definition) is 1. The standard InChI is InChI=1S/C16H14Cl2O5/c1-16(2)8-6-10(18)9(17)5-7(8)14(22)13(15(16)23)11(19)3-4-12(20)21/h5-6,13H,3-4H2,1-2H3,(H,20,21). The molecule has 122 valence electrons. The molecule has 0 fully saturated rings. The number of fused-ring (bicyclic) bond motifs is 1. The molecule has 5 nitrogen and oxygen atoms in total. The summed E-state index contributed by atoms with van der Waals surface area (Å²) in [6.45, 7) is 3.20. The van der Waals surface area contributed by atoms with Crippen LogP contribution in [0.5, 0.6) is 0 Å². The first-order valence-corrected chi connectivity index (χ1v) is 7.65. The van der Waals surface area contributed by atoms with E-state index in [0.29, 0.717) is 5.56 Å². The van der Waals surface area contributed by atoms with Gasteiger partial charge in [0.15, 0.2) is 17.3 Å². The number of carboxylic acids is 1. The first-order valence-electron chi connectivity index (χ1n) is 6.90. The van der Waals surface area contributed by atoms with Gasteiger partial charge in [0.2, 0.25) is 0 Å². The minimum atomic E-state index is -1.49. The maximum Gasteiger partial charge on any atom is 0.303 e. The van der Waals surface area contributed by atoms with Gasteiger partial charge in [-0.3, -0.25) is 19.2 Å². The number of hydrogen-bond acceptors (Lipinski definition) is 4. The quantitative estimate of drug-likeness (QED) is 0.837. The largest absolute Gasteiger partial charge is 0.481 e. The van der Waals surface area contributed by atoms with Gasteiger partial charge in [0.05, 0.1) is 21.9 Å². The number of carbonyl (C=O) groups excluding carboxylic acids is 3. The molecular formula is C16H14Cl2O5. The van der Waals surface area contributed by atoms with Gasteiger partial charge < -0.3 is 5.11 Å². The van der Waals surface area contributed by atoms with Crippen LogP contribution in [0.4, 0.5) is 0 Å². The van der Waals surface area contributed by atoms with Crippen LogP contribution in [-0.2, 0) is 19.8 Å². The van der Waals surface area contributed by atoms with Crippen LogP contribution in [0.3, 0.4) is 0 Å². The highest BCUT2D eigenvalue weighted by molar-refractivity contribution is 6.42. The molecule has 0 saturated carbocycles. The number of carbonyl (C=O) groups is 4. The van der Waals surface area contributed by atoms with Crippen LogP contribution in [-0.4, -0.2) is 28.4 Å². The molecule has 0 saturated heterocycles. The monoisotopic (exact) mass is 356 g/mol. The van der Waals surface area contributed by atoms with Crippen molar-refractivity contribution in [2.75, 3.05) is 0 Å². The van der Waals surface area contributed by atoms with E-state index < -0.39 is 41.1 Å². The van der Waals surface area contributed by atoms with Crippen molar-refractivity contribution < 1.29 is 24.3 Å². The van der Waals surface area contributed by atoms with Gasteiger partial charge in [-0.05, 0) is 31.5 Å². The van der Waals surface area contributed by atoms with Crippen LogP contribution in [0.1, 0.15) is 42.6 Å². The van der Waals surface area contributed by atoms with E-state index in [-0.39, 0.29) is 22.0 Å². The molecular weight excluding hydrogens is 343 g/mol.